The van der Waals surface area contributed by atoms with Crippen LogP contribution in [0.1, 0.15) is 32.8 Å². The molecule has 0 unspecified atom stereocenters. The summed E-state index contributed by atoms with van der Waals surface area (Å²) in [7, 11) is 2.04. The first-order valence-corrected chi connectivity index (χ1v) is 9.39. The van der Waals surface area contributed by atoms with E-state index in [9.17, 15) is 9.59 Å². The normalized spacial score (nSPS) is 14.8. The van der Waals surface area contributed by atoms with E-state index in [-0.39, 0.29) is 11.8 Å². The third-order valence-corrected chi connectivity index (χ3v) is 4.80. The van der Waals surface area contributed by atoms with Gasteiger partial charge in [-0.3, -0.25) is 14.6 Å². The van der Waals surface area contributed by atoms with Gasteiger partial charge in [0, 0.05) is 44.5 Å². The second-order valence-electron chi connectivity index (χ2n) is 6.87. The number of piperazine rings is 1. The molecular weight excluding hydrogens is 340 g/mol. The van der Waals surface area contributed by atoms with E-state index in [4.69, 9.17) is 0 Å². The second kappa shape index (κ2) is 9.28. The molecule has 0 bridgehead atoms. The molecule has 1 fully saturated rings. The number of nitrogens with one attached hydrogen (secondary N) is 1. The molecule has 2 amide bonds. The van der Waals surface area contributed by atoms with Crippen molar-refractivity contribution in [2.45, 2.75) is 12.8 Å². The number of hydrogen-bond acceptors (Lipinski definition) is 4. The first-order chi connectivity index (χ1) is 13.1. The van der Waals surface area contributed by atoms with Crippen LogP contribution in [0.4, 0.5) is 0 Å². The standard InChI is InChI=1S/C21H26N4O2/c1-24-12-14-25(15-13-24)21(27)19-16-18(9-11-22-19)20(26)23-10-5-8-17-6-3-2-4-7-17/h2-4,6-7,9,11,16H,5,8,10,12-15H2,1H3,(H,23,26). The highest BCUT2D eigenvalue weighted by Gasteiger charge is 2.22. The molecule has 0 radical (unpaired) electrons. The van der Waals surface area contributed by atoms with Gasteiger partial charge in [0.25, 0.3) is 11.8 Å². The monoisotopic (exact) mass is 366 g/mol. The molecule has 1 aliphatic heterocycles. The minimum atomic E-state index is -0.169. The lowest BCUT2D eigenvalue weighted by molar-refractivity contribution is 0.0658. The van der Waals surface area contributed by atoms with Crippen LogP contribution in [0.25, 0.3) is 0 Å². The molecule has 0 atom stereocenters. The van der Waals surface area contributed by atoms with Crippen molar-refractivity contribution in [3.63, 3.8) is 0 Å². The van der Waals surface area contributed by atoms with Gasteiger partial charge in [-0.15, -0.1) is 0 Å². The fraction of sp³-hybridized carbons (Fsp3) is 0.381. The summed E-state index contributed by atoms with van der Waals surface area (Å²) in [6.07, 6.45) is 3.32. The van der Waals surface area contributed by atoms with Crippen LogP contribution in [0.3, 0.4) is 0 Å². The summed E-state index contributed by atoms with van der Waals surface area (Å²) in [5.41, 5.74) is 2.06. The van der Waals surface area contributed by atoms with E-state index in [0.29, 0.717) is 30.9 Å². The van der Waals surface area contributed by atoms with Gasteiger partial charge >= 0.3 is 0 Å². The van der Waals surface area contributed by atoms with Crippen LogP contribution in [0.2, 0.25) is 0 Å². The SMILES string of the molecule is CN1CCN(C(=O)c2cc(C(=O)NCCCc3ccccc3)ccn2)CC1. The topological polar surface area (TPSA) is 65.5 Å². The number of hydrogen-bond donors (Lipinski definition) is 1. The molecule has 1 saturated heterocycles. The zero-order valence-electron chi connectivity index (χ0n) is 15.7. The Labute approximate surface area is 160 Å². The maximum Gasteiger partial charge on any atom is 0.272 e. The van der Waals surface area contributed by atoms with Gasteiger partial charge in [0.15, 0.2) is 0 Å². The number of pyridine rings is 1. The Hall–Kier alpha value is -2.73. The number of amides is 2. The average Bonchev–Trinajstić information content (AvgIpc) is 2.72. The van der Waals surface area contributed by atoms with Crippen LogP contribution in [0.5, 0.6) is 0 Å². The van der Waals surface area contributed by atoms with Gasteiger partial charge in [-0.05, 0) is 37.6 Å². The molecule has 0 saturated carbocycles. The minimum Gasteiger partial charge on any atom is -0.352 e. The van der Waals surface area contributed by atoms with E-state index < -0.39 is 0 Å². The molecule has 6 nitrogen and oxygen atoms in total. The van der Waals surface area contributed by atoms with E-state index in [0.717, 1.165) is 25.9 Å². The Morgan fingerprint density at radius 2 is 1.81 bits per heavy atom. The van der Waals surface area contributed by atoms with Gasteiger partial charge in [0.2, 0.25) is 0 Å². The van der Waals surface area contributed by atoms with Gasteiger partial charge in [-0.2, -0.15) is 0 Å². The van der Waals surface area contributed by atoms with Crippen LogP contribution in [0.15, 0.2) is 48.7 Å². The predicted molar refractivity (Wildman–Crippen MR) is 105 cm³/mol. The van der Waals surface area contributed by atoms with Crippen molar-refractivity contribution in [3.05, 3.63) is 65.5 Å². The Balaban J connectivity index is 1.51. The van der Waals surface area contributed by atoms with Crippen LogP contribution >= 0.6 is 0 Å². The molecule has 2 aromatic rings. The average molecular weight is 366 g/mol. The molecule has 0 spiro atoms. The summed E-state index contributed by atoms with van der Waals surface area (Å²) >= 11 is 0. The molecule has 2 heterocycles. The maximum absolute atomic E-state index is 12.6. The summed E-state index contributed by atoms with van der Waals surface area (Å²) in [6.45, 7) is 3.68. The molecule has 27 heavy (non-hydrogen) atoms. The largest absolute Gasteiger partial charge is 0.352 e. The van der Waals surface area contributed by atoms with E-state index in [1.807, 2.05) is 25.2 Å². The smallest absolute Gasteiger partial charge is 0.272 e. The van der Waals surface area contributed by atoms with E-state index >= 15 is 0 Å². The van der Waals surface area contributed by atoms with Gasteiger partial charge in [0.1, 0.15) is 5.69 Å². The van der Waals surface area contributed by atoms with Crippen molar-refractivity contribution in [2.75, 3.05) is 39.8 Å². The van der Waals surface area contributed by atoms with E-state index in [2.05, 4.69) is 27.3 Å². The van der Waals surface area contributed by atoms with Crippen LogP contribution in [-0.4, -0.2) is 66.4 Å². The molecule has 142 valence electrons. The zero-order chi connectivity index (χ0) is 19.1. The van der Waals surface area contributed by atoms with Gasteiger partial charge in [0.05, 0.1) is 0 Å². The Morgan fingerprint density at radius 3 is 2.56 bits per heavy atom. The summed E-state index contributed by atoms with van der Waals surface area (Å²) in [5.74, 6) is -0.278. The lowest BCUT2D eigenvalue weighted by Gasteiger charge is -2.32. The third kappa shape index (κ3) is 5.37. The molecule has 1 aliphatic rings. The number of benzene rings is 1. The number of nitrogens with zero attached hydrogens (tertiary/aromatic N) is 3. The van der Waals surface area contributed by atoms with Crippen LogP contribution in [0, 0.1) is 0 Å². The number of aryl methyl sites for hydroxylation is 1. The quantitative estimate of drug-likeness (QED) is 0.792. The third-order valence-electron chi connectivity index (χ3n) is 4.80. The lowest BCUT2D eigenvalue weighted by Crippen LogP contribution is -2.47. The number of aromatic nitrogens is 1. The van der Waals surface area contributed by atoms with Gasteiger partial charge in [-0.1, -0.05) is 30.3 Å². The number of carbonyl (C=O) groups is 2. The van der Waals surface area contributed by atoms with Gasteiger partial charge < -0.3 is 15.1 Å². The van der Waals surface area contributed by atoms with Crippen LogP contribution < -0.4 is 5.32 Å². The van der Waals surface area contributed by atoms with Crippen molar-refractivity contribution in [1.29, 1.82) is 0 Å². The number of rotatable bonds is 6. The lowest BCUT2D eigenvalue weighted by atomic mass is 10.1. The molecular formula is C21H26N4O2. The zero-order valence-corrected chi connectivity index (χ0v) is 15.7. The number of likely N-dealkylation sites (N-methyl/N-ethyl adjacent to an activating group) is 1. The molecule has 0 aliphatic carbocycles. The second-order valence-corrected chi connectivity index (χ2v) is 6.87. The highest BCUT2D eigenvalue weighted by atomic mass is 16.2. The number of carbonyl (C=O) groups excluding carboxylic acids is 2. The highest BCUT2D eigenvalue weighted by Crippen LogP contribution is 2.09. The van der Waals surface area contributed by atoms with Crippen LogP contribution in [-0.2, 0) is 6.42 Å². The summed E-state index contributed by atoms with van der Waals surface area (Å²) in [4.78, 5) is 33.1. The molecule has 6 heteroatoms. The van der Waals surface area contributed by atoms with Crippen molar-refractivity contribution in [2.24, 2.45) is 0 Å². The van der Waals surface area contributed by atoms with E-state index in [1.165, 1.54) is 11.8 Å². The molecule has 3 rings (SSSR count). The fourth-order valence-corrected chi connectivity index (χ4v) is 3.10. The molecule has 1 aromatic carbocycles. The summed E-state index contributed by atoms with van der Waals surface area (Å²) in [5, 5.41) is 2.92. The predicted octanol–water partition coefficient (Wildman–Crippen LogP) is 1.83. The van der Waals surface area contributed by atoms with Crippen molar-refractivity contribution in [3.8, 4) is 0 Å². The first kappa shape index (κ1) is 19.0. The molecule has 1 aromatic heterocycles. The highest BCUT2D eigenvalue weighted by molar-refractivity contribution is 5.98. The van der Waals surface area contributed by atoms with Gasteiger partial charge in [-0.25, -0.2) is 0 Å². The fourth-order valence-electron chi connectivity index (χ4n) is 3.10. The van der Waals surface area contributed by atoms with Crippen molar-refractivity contribution < 1.29 is 9.59 Å². The molecule has 1 N–H and O–H groups in total. The first-order valence-electron chi connectivity index (χ1n) is 9.39. The Bertz CT molecular complexity index is 771. The minimum absolute atomic E-state index is 0.109. The summed E-state index contributed by atoms with van der Waals surface area (Å²) in [6, 6.07) is 13.4. The van der Waals surface area contributed by atoms with E-state index in [1.54, 1.807) is 17.0 Å². The Kier molecular flexibility index (Phi) is 6.54. The summed E-state index contributed by atoms with van der Waals surface area (Å²) < 4.78 is 0. The van der Waals surface area contributed by atoms with Crippen molar-refractivity contribution >= 4 is 11.8 Å². The van der Waals surface area contributed by atoms with Crippen molar-refractivity contribution in [1.82, 2.24) is 20.1 Å². The maximum atomic E-state index is 12.6. The Morgan fingerprint density at radius 1 is 1.07 bits per heavy atom.